The smallest absolute Gasteiger partial charge is 0.247 e. The molecular formula is C14H20N2O2. The fourth-order valence-electron chi connectivity index (χ4n) is 2.74. The third-order valence-electron chi connectivity index (χ3n) is 3.62. The molecule has 1 fully saturated rings. The van der Waals surface area contributed by atoms with Crippen LogP contribution in [0.5, 0.6) is 5.75 Å². The van der Waals surface area contributed by atoms with Crippen molar-refractivity contribution in [3.05, 3.63) is 28.8 Å². The number of hydrogen-bond donors (Lipinski definition) is 1. The van der Waals surface area contributed by atoms with E-state index in [9.17, 15) is 4.79 Å². The number of carbonyl (C=O) groups excluding carboxylic acids is 1. The van der Waals surface area contributed by atoms with Crippen LogP contribution >= 0.6 is 0 Å². The molecule has 0 saturated heterocycles. The van der Waals surface area contributed by atoms with Crippen molar-refractivity contribution < 1.29 is 9.53 Å². The lowest BCUT2D eigenvalue weighted by Gasteiger charge is -2.23. The van der Waals surface area contributed by atoms with Crippen LogP contribution in [0.25, 0.3) is 0 Å². The predicted molar refractivity (Wildman–Crippen MR) is 70.3 cm³/mol. The molecule has 1 aromatic rings. The Balaban J connectivity index is 2.55. The third-order valence-corrected chi connectivity index (χ3v) is 3.62. The Labute approximate surface area is 108 Å². The van der Waals surface area contributed by atoms with Crippen molar-refractivity contribution in [3.63, 3.8) is 0 Å². The zero-order valence-corrected chi connectivity index (χ0v) is 11.4. The molecule has 98 valence electrons. The molecule has 0 heterocycles. The minimum atomic E-state index is -0.466. The number of rotatable bonds is 3. The number of carbonyl (C=O) groups is 1. The van der Waals surface area contributed by atoms with Crippen molar-refractivity contribution in [2.75, 3.05) is 14.2 Å². The van der Waals surface area contributed by atoms with Crippen molar-refractivity contribution in [2.45, 2.75) is 32.1 Å². The van der Waals surface area contributed by atoms with Gasteiger partial charge in [0.2, 0.25) is 5.91 Å². The van der Waals surface area contributed by atoms with Crippen LogP contribution in [-0.2, 0) is 10.2 Å². The van der Waals surface area contributed by atoms with E-state index in [-0.39, 0.29) is 5.91 Å². The SMILES string of the molecule is COc1cc(C)cc(C)c1C1(C(=O)N(C)N)CC1. The van der Waals surface area contributed by atoms with Crippen LogP contribution in [0, 0.1) is 13.8 Å². The Morgan fingerprint density at radius 1 is 1.39 bits per heavy atom. The van der Waals surface area contributed by atoms with Gasteiger partial charge >= 0.3 is 0 Å². The maximum absolute atomic E-state index is 12.3. The van der Waals surface area contributed by atoms with Crippen LogP contribution in [-0.4, -0.2) is 25.1 Å². The topological polar surface area (TPSA) is 55.6 Å². The number of nitrogens with zero attached hydrogens (tertiary/aromatic N) is 1. The van der Waals surface area contributed by atoms with Gasteiger partial charge < -0.3 is 4.74 Å². The van der Waals surface area contributed by atoms with E-state index in [1.54, 1.807) is 14.2 Å². The molecule has 0 aromatic heterocycles. The first-order chi connectivity index (χ1) is 8.42. The maximum atomic E-state index is 12.3. The summed E-state index contributed by atoms with van der Waals surface area (Å²) in [7, 11) is 3.24. The Morgan fingerprint density at radius 3 is 2.44 bits per heavy atom. The standard InChI is InChI=1S/C14H20N2O2/c1-9-7-10(2)12(11(8-9)18-4)14(5-6-14)13(17)16(3)15/h7-8H,5-6,15H2,1-4H3. The van der Waals surface area contributed by atoms with E-state index in [0.717, 1.165) is 35.3 Å². The summed E-state index contributed by atoms with van der Waals surface area (Å²) < 4.78 is 5.45. The van der Waals surface area contributed by atoms with Gasteiger partial charge in [-0.1, -0.05) is 6.07 Å². The Morgan fingerprint density at radius 2 is 2.00 bits per heavy atom. The number of likely N-dealkylation sites (N-methyl/N-ethyl adjacent to an activating group) is 1. The molecule has 1 aliphatic rings. The molecule has 1 aromatic carbocycles. The summed E-state index contributed by atoms with van der Waals surface area (Å²) in [6.07, 6.45) is 1.68. The first kappa shape index (κ1) is 12.9. The average molecular weight is 248 g/mol. The Bertz CT molecular complexity index is 491. The van der Waals surface area contributed by atoms with Gasteiger partial charge in [0.25, 0.3) is 0 Å². The molecule has 0 atom stereocenters. The van der Waals surface area contributed by atoms with Gasteiger partial charge in [-0.3, -0.25) is 9.80 Å². The second-order valence-electron chi connectivity index (χ2n) is 5.16. The number of aryl methyl sites for hydroxylation is 2. The molecule has 0 spiro atoms. The lowest BCUT2D eigenvalue weighted by molar-refractivity contribution is -0.132. The van der Waals surface area contributed by atoms with Gasteiger partial charge in [-0.2, -0.15) is 0 Å². The van der Waals surface area contributed by atoms with E-state index >= 15 is 0 Å². The van der Waals surface area contributed by atoms with Crippen LogP contribution < -0.4 is 10.6 Å². The molecule has 0 unspecified atom stereocenters. The fraction of sp³-hybridized carbons (Fsp3) is 0.500. The van der Waals surface area contributed by atoms with Crippen LogP contribution in [0.15, 0.2) is 12.1 Å². The molecule has 2 N–H and O–H groups in total. The lowest BCUT2D eigenvalue weighted by Crippen LogP contribution is -2.41. The highest BCUT2D eigenvalue weighted by atomic mass is 16.5. The van der Waals surface area contributed by atoms with Crippen LogP contribution in [0.3, 0.4) is 0 Å². The van der Waals surface area contributed by atoms with Gasteiger partial charge in [0.05, 0.1) is 12.5 Å². The van der Waals surface area contributed by atoms with Crippen LogP contribution in [0.1, 0.15) is 29.5 Å². The highest BCUT2D eigenvalue weighted by molar-refractivity contribution is 5.92. The number of hydrogen-bond acceptors (Lipinski definition) is 3. The minimum absolute atomic E-state index is 0.0345. The first-order valence-corrected chi connectivity index (χ1v) is 6.11. The molecule has 18 heavy (non-hydrogen) atoms. The van der Waals surface area contributed by atoms with Gasteiger partial charge in [-0.05, 0) is 43.9 Å². The molecule has 2 rings (SSSR count). The summed E-state index contributed by atoms with van der Waals surface area (Å²) in [6, 6.07) is 4.06. The van der Waals surface area contributed by atoms with Crippen molar-refractivity contribution in [3.8, 4) is 5.75 Å². The lowest BCUT2D eigenvalue weighted by atomic mass is 9.89. The fourth-order valence-corrected chi connectivity index (χ4v) is 2.74. The van der Waals surface area contributed by atoms with Gasteiger partial charge in [0, 0.05) is 12.6 Å². The number of methoxy groups -OCH3 is 1. The molecule has 0 bridgehead atoms. The van der Waals surface area contributed by atoms with Gasteiger partial charge in [-0.25, -0.2) is 5.84 Å². The van der Waals surface area contributed by atoms with E-state index in [1.807, 2.05) is 19.9 Å². The van der Waals surface area contributed by atoms with E-state index in [4.69, 9.17) is 10.6 Å². The van der Waals surface area contributed by atoms with E-state index < -0.39 is 5.41 Å². The first-order valence-electron chi connectivity index (χ1n) is 6.11. The van der Waals surface area contributed by atoms with Crippen molar-refractivity contribution >= 4 is 5.91 Å². The predicted octanol–water partition coefficient (Wildman–Crippen LogP) is 1.68. The number of nitrogens with two attached hydrogens (primary N) is 1. The molecule has 4 nitrogen and oxygen atoms in total. The molecular weight excluding hydrogens is 228 g/mol. The molecule has 1 aliphatic carbocycles. The van der Waals surface area contributed by atoms with Crippen molar-refractivity contribution in [1.29, 1.82) is 0 Å². The highest BCUT2D eigenvalue weighted by Crippen LogP contribution is 2.53. The van der Waals surface area contributed by atoms with Gasteiger partial charge in [0.15, 0.2) is 0 Å². The second kappa shape index (κ2) is 4.28. The van der Waals surface area contributed by atoms with Crippen LogP contribution in [0.4, 0.5) is 0 Å². The summed E-state index contributed by atoms with van der Waals surface area (Å²) in [5, 5.41) is 1.19. The Kier molecular flexibility index (Phi) is 3.07. The van der Waals surface area contributed by atoms with E-state index in [1.165, 1.54) is 5.01 Å². The van der Waals surface area contributed by atoms with Crippen LogP contribution in [0.2, 0.25) is 0 Å². The summed E-state index contributed by atoms with van der Waals surface area (Å²) >= 11 is 0. The number of amides is 1. The highest BCUT2D eigenvalue weighted by Gasteiger charge is 2.54. The van der Waals surface area contributed by atoms with Crippen molar-refractivity contribution in [1.82, 2.24) is 5.01 Å². The summed E-state index contributed by atoms with van der Waals surface area (Å²) in [4.78, 5) is 12.3. The van der Waals surface area contributed by atoms with Gasteiger partial charge in [0.1, 0.15) is 5.75 Å². The molecule has 0 radical (unpaired) electrons. The Hall–Kier alpha value is -1.55. The molecule has 1 saturated carbocycles. The second-order valence-corrected chi connectivity index (χ2v) is 5.16. The molecule has 0 aliphatic heterocycles. The number of benzene rings is 1. The van der Waals surface area contributed by atoms with Crippen molar-refractivity contribution in [2.24, 2.45) is 5.84 Å². The average Bonchev–Trinajstić information content (AvgIpc) is 3.07. The number of ether oxygens (including phenoxy) is 1. The summed E-state index contributed by atoms with van der Waals surface area (Å²) in [5.41, 5.74) is 2.77. The maximum Gasteiger partial charge on any atom is 0.247 e. The van der Waals surface area contributed by atoms with E-state index in [0.29, 0.717) is 0 Å². The third kappa shape index (κ3) is 1.86. The number of hydrazine groups is 1. The molecule has 1 amide bonds. The zero-order valence-electron chi connectivity index (χ0n) is 11.4. The zero-order chi connectivity index (χ0) is 13.5. The quantitative estimate of drug-likeness (QED) is 0.503. The normalized spacial score (nSPS) is 16.3. The minimum Gasteiger partial charge on any atom is -0.496 e. The largest absolute Gasteiger partial charge is 0.496 e. The molecule has 4 heteroatoms. The summed E-state index contributed by atoms with van der Waals surface area (Å²) in [6.45, 7) is 4.05. The van der Waals surface area contributed by atoms with E-state index in [2.05, 4.69) is 6.07 Å². The monoisotopic (exact) mass is 248 g/mol. The summed E-state index contributed by atoms with van der Waals surface area (Å²) in [5.74, 6) is 6.37. The van der Waals surface area contributed by atoms with Gasteiger partial charge in [-0.15, -0.1) is 0 Å².